The van der Waals surface area contributed by atoms with Gasteiger partial charge in [-0.2, -0.15) is 17.4 Å². The fourth-order valence-corrected chi connectivity index (χ4v) is 5.48. The zero-order chi connectivity index (χ0) is 27.3. The predicted octanol–water partition coefficient (Wildman–Crippen LogP) is 3.22. The lowest BCUT2D eigenvalue weighted by Gasteiger charge is -2.35. The van der Waals surface area contributed by atoms with Crippen LogP contribution < -0.4 is 10.0 Å². The highest BCUT2D eigenvalue weighted by molar-refractivity contribution is 7.87. The van der Waals surface area contributed by atoms with Gasteiger partial charge in [0.05, 0.1) is 21.6 Å². The van der Waals surface area contributed by atoms with Crippen LogP contribution in [0.1, 0.15) is 37.4 Å². The van der Waals surface area contributed by atoms with Crippen molar-refractivity contribution in [2.45, 2.75) is 25.4 Å². The first-order chi connectivity index (χ1) is 17.1. The molecule has 2 aliphatic heterocycles. The Morgan fingerprint density at radius 1 is 1.48 bits per heavy atom. The molecule has 0 saturated carbocycles. The Morgan fingerprint density at radius 3 is 3.03 bits per heavy atom. The number of carbonyl (C=O) groups excluding carboxylic acids is 1. The van der Waals surface area contributed by atoms with Gasteiger partial charge in [0.25, 0.3) is 10.2 Å². The Hall–Kier alpha value is -2.18. The third-order valence-corrected chi connectivity index (χ3v) is 7.35. The molecule has 0 aliphatic carbocycles. The van der Waals surface area contributed by atoms with Gasteiger partial charge in [0, 0.05) is 39.2 Å². The molecule has 1 saturated heterocycles. The quantitative estimate of drug-likeness (QED) is 0.688. The van der Waals surface area contributed by atoms with Gasteiger partial charge in [-0.25, -0.2) is 9.37 Å². The Bertz CT molecular complexity index is 1400. The lowest BCUT2D eigenvalue weighted by Crippen LogP contribution is -2.55. The monoisotopic (exact) mass is 489 g/mol. The van der Waals surface area contributed by atoms with Crippen molar-refractivity contribution in [3.05, 3.63) is 51.2 Å². The smallest absolute Gasteiger partial charge is 0.280 e. The van der Waals surface area contributed by atoms with Crippen molar-refractivity contribution < 1.29 is 25.8 Å². The molecule has 3 atom stereocenters. The first-order valence-electron chi connectivity index (χ1n) is 11.9. The molecule has 0 radical (unpaired) electrons. The molecule has 2 aromatic rings. The van der Waals surface area contributed by atoms with Crippen molar-refractivity contribution in [3.8, 4) is 0 Å². The molecule has 8 nitrogen and oxygen atoms in total. The normalized spacial score (nSPS) is 29.1. The van der Waals surface area contributed by atoms with E-state index in [9.17, 15) is 17.6 Å². The van der Waals surface area contributed by atoms with Crippen molar-refractivity contribution in [2.75, 3.05) is 12.3 Å². The van der Waals surface area contributed by atoms with Crippen LogP contribution in [-0.4, -0.2) is 42.8 Å². The van der Waals surface area contributed by atoms with E-state index in [0.717, 1.165) is 23.5 Å². The maximum absolute atomic E-state index is 13.5. The molecular weight excluding hydrogens is 465 g/mol. The summed E-state index contributed by atoms with van der Waals surface area (Å²) in [7, 11) is -4.70. The molecular formula is C19H19ClFN5O3S2. The molecule has 31 heavy (non-hydrogen) atoms. The summed E-state index contributed by atoms with van der Waals surface area (Å²) in [5, 5.41) is 2.32. The molecule has 3 unspecified atom stereocenters. The number of anilines is 1. The molecule has 1 aromatic heterocycles. The number of hydrogen-bond donors (Lipinski definition) is 2. The van der Waals surface area contributed by atoms with Gasteiger partial charge in [-0.3, -0.25) is 9.79 Å². The average Bonchev–Trinajstić information content (AvgIpc) is 3.43. The summed E-state index contributed by atoms with van der Waals surface area (Å²) < 4.78 is 87.5. The van der Waals surface area contributed by atoms with E-state index in [2.05, 4.69) is 20.0 Å². The highest BCUT2D eigenvalue weighted by atomic mass is 35.5. The van der Waals surface area contributed by atoms with E-state index in [1.165, 1.54) is 24.6 Å². The summed E-state index contributed by atoms with van der Waals surface area (Å²) in [5.74, 6) is -2.57. The number of hydrogen-bond acceptors (Lipinski definition) is 6. The lowest BCUT2D eigenvalue weighted by molar-refractivity contribution is -0.120. The molecule has 164 valence electrons. The zero-order valence-electron chi connectivity index (χ0n) is 21.5. The first kappa shape index (κ1) is 15.6. The van der Waals surface area contributed by atoms with Crippen LogP contribution >= 0.6 is 22.9 Å². The van der Waals surface area contributed by atoms with Crippen molar-refractivity contribution in [1.82, 2.24) is 14.0 Å². The summed E-state index contributed by atoms with van der Waals surface area (Å²) in [5.41, 5.74) is 0.399. The maximum atomic E-state index is 13.5. The SMILES string of the molecule is [2H]C([2H])([2H])C1C=NC(c2cnc(C3CC(C(=O)Nc4ccc(F)c(Cl)c4)N(C([2H])([2H])[2H])S(=O)(=O)N3)s2)=C1. The van der Waals surface area contributed by atoms with Crippen molar-refractivity contribution in [2.24, 2.45) is 10.9 Å². The molecule has 1 aromatic carbocycles. The van der Waals surface area contributed by atoms with Gasteiger partial charge in [0.1, 0.15) is 16.9 Å². The van der Waals surface area contributed by atoms with Crippen LogP contribution in [0.5, 0.6) is 0 Å². The number of halogens is 2. The number of nitrogens with zero attached hydrogens (tertiary/aromatic N) is 3. The number of nitrogens with one attached hydrogen (secondary N) is 2. The second-order valence-electron chi connectivity index (χ2n) is 6.76. The van der Waals surface area contributed by atoms with Crippen LogP contribution in [0.25, 0.3) is 5.70 Å². The number of aliphatic imine (C=N–C) groups is 1. The Balaban J connectivity index is 1.62. The fourth-order valence-electron chi connectivity index (χ4n) is 3.07. The number of rotatable bonds is 4. The summed E-state index contributed by atoms with van der Waals surface area (Å²) in [6, 6.07) is 0.552. The molecule has 3 heterocycles. The van der Waals surface area contributed by atoms with Gasteiger partial charge in [-0.1, -0.05) is 18.5 Å². The topological polar surface area (TPSA) is 104 Å². The molecule has 0 spiro atoms. The van der Waals surface area contributed by atoms with E-state index in [0.29, 0.717) is 10.6 Å². The van der Waals surface area contributed by atoms with Gasteiger partial charge < -0.3 is 5.32 Å². The van der Waals surface area contributed by atoms with Crippen LogP contribution in [-0.2, 0) is 15.0 Å². The average molecular weight is 490 g/mol. The third kappa shape index (κ3) is 4.55. The first-order valence-corrected chi connectivity index (χ1v) is 11.5. The summed E-state index contributed by atoms with van der Waals surface area (Å²) in [4.78, 5) is 21.9. The summed E-state index contributed by atoms with van der Waals surface area (Å²) in [6.45, 7) is -5.47. The van der Waals surface area contributed by atoms with Crippen molar-refractivity contribution >= 4 is 56.7 Å². The van der Waals surface area contributed by atoms with E-state index in [1.54, 1.807) is 0 Å². The Kier molecular flexibility index (Phi) is 4.22. The van der Waals surface area contributed by atoms with E-state index in [4.69, 9.17) is 19.8 Å². The standard InChI is InChI=1S/C19H19ClFN5O3S2/c1-10-5-14(22-8-10)17-9-23-19(30-17)15-7-16(26(2)31(28,29)25-15)18(27)24-11-3-4-13(21)12(20)6-11/h3-6,8-10,15-16,25H,7H2,1-2H3,(H,24,27)/i1D3,2D3. The van der Waals surface area contributed by atoms with Crippen molar-refractivity contribution in [3.63, 3.8) is 0 Å². The molecule has 0 bridgehead atoms. The Labute approximate surface area is 196 Å². The van der Waals surface area contributed by atoms with E-state index < -0.39 is 53.8 Å². The van der Waals surface area contributed by atoms with E-state index in [-0.39, 0.29) is 26.4 Å². The number of benzene rings is 1. The zero-order valence-corrected chi connectivity index (χ0v) is 17.9. The van der Waals surface area contributed by atoms with E-state index >= 15 is 0 Å². The van der Waals surface area contributed by atoms with Crippen molar-refractivity contribution in [1.29, 1.82) is 0 Å². The maximum Gasteiger partial charge on any atom is 0.280 e. The largest absolute Gasteiger partial charge is 0.325 e. The van der Waals surface area contributed by atoms with Crippen LogP contribution in [0.15, 0.2) is 35.5 Å². The van der Waals surface area contributed by atoms with Gasteiger partial charge in [-0.05, 0) is 30.7 Å². The van der Waals surface area contributed by atoms with E-state index in [1.807, 2.05) is 0 Å². The number of carbonyl (C=O) groups is 1. The molecule has 1 fully saturated rings. The van der Waals surface area contributed by atoms with Gasteiger partial charge >= 0.3 is 0 Å². The van der Waals surface area contributed by atoms with Gasteiger partial charge in [0.2, 0.25) is 5.91 Å². The number of aromatic nitrogens is 1. The molecule has 1 amide bonds. The highest BCUT2D eigenvalue weighted by Gasteiger charge is 2.41. The summed E-state index contributed by atoms with van der Waals surface area (Å²) in [6.07, 6.45) is 3.84. The minimum absolute atomic E-state index is 0.0424. The molecule has 2 aliphatic rings. The van der Waals surface area contributed by atoms with Crippen LogP contribution in [0.3, 0.4) is 0 Å². The number of thiazole rings is 1. The van der Waals surface area contributed by atoms with Crippen LogP contribution in [0, 0.1) is 11.7 Å². The second kappa shape index (κ2) is 8.40. The second-order valence-corrected chi connectivity index (χ2v) is 9.81. The Morgan fingerprint density at radius 2 is 2.32 bits per heavy atom. The molecule has 2 N–H and O–H groups in total. The van der Waals surface area contributed by atoms with Gasteiger partial charge in [-0.15, -0.1) is 11.3 Å². The lowest BCUT2D eigenvalue weighted by atomic mass is 10.1. The predicted molar refractivity (Wildman–Crippen MR) is 119 cm³/mol. The van der Waals surface area contributed by atoms with Crippen LogP contribution in [0.2, 0.25) is 5.02 Å². The summed E-state index contributed by atoms with van der Waals surface area (Å²) >= 11 is 6.76. The minimum Gasteiger partial charge on any atom is -0.325 e. The molecule has 4 rings (SSSR count). The number of amides is 1. The van der Waals surface area contributed by atoms with Gasteiger partial charge in [0.15, 0.2) is 0 Å². The fraction of sp³-hybridized carbons (Fsp3) is 0.316. The highest BCUT2D eigenvalue weighted by Crippen LogP contribution is 2.34. The number of allylic oxidation sites excluding steroid dienone is 1. The van der Waals surface area contributed by atoms with Crippen LogP contribution in [0.4, 0.5) is 10.1 Å². The third-order valence-electron chi connectivity index (χ3n) is 4.57. The number of likely N-dealkylation sites (N-methyl/N-ethyl adjacent to an activating group) is 1. The minimum atomic E-state index is -4.70. The molecule has 12 heteroatoms.